The van der Waals surface area contributed by atoms with Crippen LogP contribution in [0, 0.1) is 5.92 Å². The maximum atomic E-state index is 5.84. The lowest BCUT2D eigenvalue weighted by Crippen LogP contribution is -2.18. The van der Waals surface area contributed by atoms with Crippen molar-refractivity contribution < 1.29 is 0 Å². The standard InChI is InChI=1S/C13H24BrN3/c1-4-7-10(9-15)8-12-13(14)11(5-2)16-17(12)6-3/h10H,4-9,15H2,1-3H3. The summed E-state index contributed by atoms with van der Waals surface area (Å²) in [4.78, 5) is 0. The van der Waals surface area contributed by atoms with E-state index in [1.807, 2.05) is 0 Å². The second kappa shape index (κ2) is 7.17. The highest BCUT2D eigenvalue weighted by atomic mass is 79.9. The summed E-state index contributed by atoms with van der Waals surface area (Å²) in [7, 11) is 0. The van der Waals surface area contributed by atoms with Crippen LogP contribution in [-0.4, -0.2) is 16.3 Å². The molecule has 17 heavy (non-hydrogen) atoms. The summed E-state index contributed by atoms with van der Waals surface area (Å²) in [5.41, 5.74) is 8.32. The Morgan fingerprint density at radius 1 is 1.35 bits per heavy atom. The average molecular weight is 302 g/mol. The molecule has 0 fully saturated rings. The lowest BCUT2D eigenvalue weighted by molar-refractivity contribution is 0.464. The SMILES string of the molecule is CCCC(CN)Cc1c(Br)c(CC)nn1CC. The van der Waals surface area contributed by atoms with Crippen molar-refractivity contribution in [3.05, 3.63) is 15.9 Å². The molecule has 98 valence electrons. The fourth-order valence-electron chi connectivity index (χ4n) is 2.20. The molecule has 0 spiro atoms. The van der Waals surface area contributed by atoms with Crippen molar-refractivity contribution in [2.75, 3.05) is 6.54 Å². The van der Waals surface area contributed by atoms with E-state index in [0.29, 0.717) is 5.92 Å². The van der Waals surface area contributed by atoms with Gasteiger partial charge in [-0.15, -0.1) is 0 Å². The maximum Gasteiger partial charge on any atom is 0.0766 e. The minimum Gasteiger partial charge on any atom is -0.330 e. The van der Waals surface area contributed by atoms with Gasteiger partial charge in [0.25, 0.3) is 0 Å². The van der Waals surface area contributed by atoms with Crippen molar-refractivity contribution in [1.29, 1.82) is 0 Å². The van der Waals surface area contributed by atoms with Gasteiger partial charge in [0.05, 0.1) is 15.9 Å². The van der Waals surface area contributed by atoms with Crippen LogP contribution < -0.4 is 5.73 Å². The van der Waals surface area contributed by atoms with E-state index in [-0.39, 0.29) is 0 Å². The predicted octanol–water partition coefficient (Wildman–Crippen LogP) is 3.15. The van der Waals surface area contributed by atoms with Gasteiger partial charge >= 0.3 is 0 Å². The van der Waals surface area contributed by atoms with Gasteiger partial charge in [-0.25, -0.2) is 0 Å². The van der Waals surface area contributed by atoms with E-state index in [2.05, 4.69) is 46.5 Å². The molecule has 1 aromatic heterocycles. The molecule has 0 aliphatic rings. The van der Waals surface area contributed by atoms with E-state index in [9.17, 15) is 0 Å². The van der Waals surface area contributed by atoms with Crippen molar-refractivity contribution in [2.24, 2.45) is 11.7 Å². The van der Waals surface area contributed by atoms with Gasteiger partial charge in [0.15, 0.2) is 0 Å². The van der Waals surface area contributed by atoms with Gasteiger partial charge in [0, 0.05) is 6.54 Å². The molecule has 3 nitrogen and oxygen atoms in total. The Balaban J connectivity index is 2.91. The summed E-state index contributed by atoms with van der Waals surface area (Å²) in [5.74, 6) is 0.572. The number of aromatic nitrogens is 2. The quantitative estimate of drug-likeness (QED) is 0.841. The van der Waals surface area contributed by atoms with Crippen LogP contribution in [0.1, 0.15) is 45.0 Å². The molecule has 1 heterocycles. The van der Waals surface area contributed by atoms with Crippen molar-refractivity contribution in [3.63, 3.8) is 0 Å². The summed E-state index contributed by atoms with van der Waals surface area (Å²) in [5, 5.41) is 4.62. The highest BCUT2D eigenvalue weighted by Gasteiger charge is 2.17. The van der Waals surface area contributed by atoms with E-state index in [1.54, 1.807) is 0 Å². The molecule has 0 bridgehead atoms. The zero-order valence-electron chi connectivity index (χ0n) is 11.2. The highest BCUT2D eigenvalue weighted by molar-refractivity contribution is 9.10. The number of nitrogens with two attached hydrogens (primary N) is 1. The van der Waals surface area contributed by atoms with Gasteiger partial charge in [-0.3, -0.25) is 4.68 Å². The zero-order valence-corrected chi connectivity index (χ0v) is 12.8. The molecule has 1 rings (SSSR count). The van der Waals surface area contributed by atoms with Crippen molar-refractivity contribution in [1.82, 2.24) is 9.78 Å². The molecule has 0 aliphatic heterocycles. The Morgan fingerprint density at radius 3 is 2.53 bits per heavy atom. The van der Waals surface area contributed by atoms with Gasteiger partial charge in [-0.2, -0.15) is 5.10 Å². The lowest BCUT2D eigenvalue weighted by atomic mass is 9.98. The highest BCUT2D eigenvalue weighted by Crippen LogP contribution is 2.25. The number of rotatable bonds is 7. The van der Waals surface area contributed by atoms with Crippen molar-refractivity contribution in [3.8, 4) is 0 Å². The van der Waals surface area contributed by atoms with Gasteiger partial charge < -0.3 is 5.73 Å². The molecule has 0 amide bonds. The molecule has 0 saturated carbocycles. The van der Waals surface area contributed by atoms with Crippen molar-refractivity contribution >= 4 is 15.9 Å². The van der Waals surface area contributed by atoms with Gasteiger partial charge in [-0.05, 0) is 54.6 Å². The normalized spacial score (nSPS) is 13.0. The second-order valence-electron chi connectivity index (χ2n) is 4.47. The van der Waals surface area contributed by atoms with E-state index in [0.717, 1.165) is 31.6 Å². The Bertz CT molecular complexity index is 347. The molecule has 1 atom stereocenters. The molecule has 0 radical (unpaired) electrons. The molecule has 0 aliphatic carbocycles. The van der Waals surface area contributed by atoms with E-state index >= 15 is 0 Å². The van der Waals surface area contributed by atoms with Crippen LogP contribution in [0.15, 0.2) is 4.47 Å². The van der Waals surface area contributed by atoms with Crippen LogP contribution in [0.3, 0.4) is 0 Å². The molecule has 4 heteroatoms. The summed E-state index contributed by atoms with van der Waals surface area (Å²) in [6, 6.07) is 0. The van der Waals surface area contributed by atoms with E-state index in [4.69, 9.17) is 5.73 Å². The summed E-state index contributed by atoms with van der Waals surface area (Å²) in [6.07, 6.45) is 4.40. The van der Waals surface area contributed by atoms with Crippen LogP contribution in [0.2, 0.25) is 0 Å². The number of halogens is 1. The van der Waals surface area contributed by atoms with Crippen molar-refractivity contribution in [2.45, 2.75) is 53.0 Å². The summed E-state index contributed by atoms with van der Waals surface area (Å²) >= 11 is 3.69. The van der Waals surface area contributed by atoms with Crippen LogP contribution in [0.25, 0.3) is 0 Å². The van der Waals surface area contributed by atoms with Gasteiger partial charge in [-0.1, -0.05) is 20.3 Å². The molecular weight excluding hydrogens is 278 g/mol. The largest absolute Gasteiger partial charge is 0.330 e. The molecule has 2 N–H and O–H groups in total. The minimum atomic E-state index is 0.572. The Kier molecular flexibility index (Phi) is 6.20. The monoisotopic (exact) mass is 301 g/mol. The molecular formula is C13H24BrN3. The summed E-state index contributed by atoms with van der Waals surface area (Å²) in [6.45, 7) is 8.18. The van der Waals surface area contributed by atoms with Crippen LogP contribution in [0.5, 0.6) is 0 Å². The first-order valence-corrected chi connectivity index (χ1v) is 7.41. The third-order valence-electron chi connectivity index (χ3n) is 3.21. The third-order valence-corrected chi connectivity index (χ3v) is 4.12. The third kappa shape index (κ3) is 3.55. The first-order valence-electron chi connectivity index (χ1n) is 6.61. The molecule has 0 aromatic carbocycles. The van der Waals surface area contributed by atoms with Crippen LogP contribution in [0.4, 0.5) is 0 Å². The molecule has 1 aromatic rings. The maximum absolute atomic E-state index is 5.84. The average Bonchev–Trinajstić information content (AvgIpc) is 2.65. The van der Waals surface area contributed by atoms with Gasteiger partial charge in [0.2, 0.25) is 0 Å². The van der Waals surface area contributed by atoms with Crippen LogP contribution >= 0.6 is 15.9 Å². The lowest BCUT2D eigenvalue weighted by Gasteiger charge is -2.14. The molecule has 1 unspecified atom stereocenters. The summed E-state index contributed by atoms with van der Waals surface area (Å²) < 4.78 is 3.30. The minimum absolute atomic E-state index is 0.572. The Morgan fingerprint density at radius 2 is 2.06 bits per heavy atom. The van der Waals surface area contributed by atoms with E-state index in [1.165, 1.54) is 23.0 Å². The van der Waals surface area contributed by atoms with E-state index < -0.39 is 0 Å². The predicted molar refractivity (Wildman–Crippen MR) is 76.1 cm³/mol. The first-order chi connectivity index (χ1) is 8.17. The molecule has 0 saturated heterocycles. The first kappa shape index (κ1) is 14.7. The number of hydrogen-bond donors (Lipinski definition) is 1. The number of hydrogen-bond acceptors (Lipinski definition) is 2. The zero-order chi connectivity index (χ0) is 12.8. The number of aryl methyl sites for hydroxylation is 2. The fraction of sp³-hybridized carbons (Fsp3) is 0.769. The smallest absolute Gasteiger partial charge is 0.0766 e. The second-order valence-corrected chi connectivity index (χ2v) is 5.26. The Hall–Kier alpha value is -0.350. The van der Waals surface area contributed by atoms with Gasteiger partial charge in [0.1, 0.15) is 0 Å². The topological polar surface area (TPSA) is 43.8 Å². The van der Waals surface area contributed by atoms with Crippen LogP contribution in [-0.2, 0) is 19.4 Å². The Labute approximate surface area is 113 Å². The fourth-order valence-corrected chi connectivity index (χ4v) is 2.92. The number of nitrogens with zero attached hydrogens (tertiary/aromatic N) is 2.